The highest BCUT2D eigenvalue weighted by molar-refractivity contribution is 5.90. The summed E-state index contributed by atoms with van der Waals surface area (Å²) >= 11 is 0. The largest absolute Gasteiger partial charge is 0.352 e. The summed E-state index contributed by atoms with van der Waals surface area (Å²) in [5.74, 6) is 0.842. The van der Waals surface area contributed by atoms with E-state index in [1.165, 1.54) is 10.8 Å². The molecular formula is C27H27N5O. The number of nitrogens with one attached hydrogen (secondary N) is 1. The van der Waals surface area contributed by atoms with Crippen molar-refractivity contribution in [3.8, 4) is 11.3 Å². The third-order valence-corrected chi connectivity index (χ3v) is 6.06. The highest BCUT2D eigenvalue weighted by atomic mass is 16.2. The van der Waals surface area contributed by atoms with Crippen molar-refractivity contribution >= 4 is 28.3 Å². The first kappa shape index (κ1) is 20.9. The molecule has 0 radical (unpaired) electrons. The Kier molecular flexibility index (Phi) is 5.65. The van der Waals surface area contributed by atoms with Crippen LogP contribution in [0.25, 0.3) is 22.0 Å². The number of rotatable bonds is 3. The standard InChI is InChI=1S/C27H27N5O/c1-19-15-20(2)17-24(16-19)28-27(33)32-13-11-31(12-14-32)26-10-9-25(29-30-26)23-8-7-21-5-3-4-6-22(21)18-23/h3-10,15-18H,11-14H2,1-2H3,(H,28,33). The van der Waals surface area contributed by atoms with Crippen molar-refractivity contribution in [2.75, 3.05) is 36.4 Å². The summed E-state index contributed by atoms with van der Waals surface area (Å²) in [4.78, 5) is 16.7. The minimum atomic E-state index is -0.0580. The predicted molar refractivity (Wildman–Crippen MR) is 134 cm³/mol. The Hall–Kier alpha value is -3.93. The van der Waals surface area contributed by atoms with Crippen LogP contribution in [-0.4, -0.2) is 47.3 Å². The van der Waals surface area contributed by atoms with Crippen LogP contribution in [0.15, 0.2) is 72.8 Å². The highest BCUT2D eigenvalue weighted by Gasteiger charge is 2.22. The number of fused-ring (bicyclic) bond motifs is 1. The van der Waals surface area contributed by atoms with Gasteiger partial charge in [-0.1, -0.05) is 42.5 Å². The van der Waals surface area contributed by atoms with Gasteiger partial charge in [0.25, 0.3) is 0 Å². The summed E-state index contributed by atoms with van der Waals surface area (Å²) in [6, 6.07) is 24.7. The number of anilines is 2. The first-order valence-electron chi connectivity index (χ1n) is 11.3. The molecule has 0 aliphatic carbocycles. The van der Waals surface area contributed by atoms with Crippen LogP contribution < -0.4 is 10.2 Å². The van der Waals surface area contributed by atoms with Gasteiger partial charge in [0, 0.05) is 37.4 Å². The fourth-order valence-electron chi connectivity index (χ4n) is 4.38. The lowest BCUT2D eigenvalue weighted by Crippen LogP contribution is -2.50. The molecule has 6 nitrogen and oxygen atoms in total. The number of aryl methyl sites for hydroxylation is 2. The highest BCUT2D eigenvalue weighted by Crippen LogP contribution is 2.24. The van der Waals surface area contributed by atoms with Gasteiger partial charge in [-0.25, -0.2) is 4.79 Å². The van der Waals surface area contributed by atoms with E-state index in [2.05, 4.69) is 56.8 Å². The molecule has 2 amide bonds. The maximum Gasteiger partial charge on any atom is 0.321 e. The minimum absolute atomic E-state index is 0.0580. The molecule has 1 N–H and O–H groups in total. The van der Waals surface area contributed by atoms with Crippen molar-refractivity contribution in [3.05, 3.63) is 83.9 Å². The van der Waals surface area contributed by atoms with Crippen molar-refractivity contribution in [2.45, 2.75) is 13.8 Å². The molecule has 5 rings (SSSR count). The smallest absolute Gasteiger partial charge is 0.321 e. The number of amides is 2. The third kappa shape index (κ3) is 4.65. The van der Waals surface area contributed by atoms with E-state index in [1.807, 2.05) is 55.1 Å². The summed E-state index contributed by atoms with van der Waals surface area (Å²) in [5, 5.41) is 14.4. The molecule has 2 heterocycles. The fourth-order valence-corrected chi connectivity index (χ4v) is 4.38. The van der Waals surface area contributed by atoms with Gasteiger partial charge in [0.15, 0.2) is 5.82 Å². The second-order valence-corrected chi connectivity index (χ2v) is 8.62. The summed E-state index contributed by atoms with van der Waals surface area (Å²) in [6.07, 6.45) is 0. The van der Waals surface area contributed by atoms with E-state index >= 15 is 0 Å². The SMILES string of the molecule is Cc1cc(C)cc(NC(=O)N2CCN(c3ccc(-c4ccc5ccccc5c4)nn3)CC2)c1. The lowest BCUT2D eigenvalue weighted by Gasteiger charge is -2.35. The first-order valence-corrected chi connectivity index (χ1v) is 11.3. The number of aromatic nitrogens is 2. The minimum Gasteiger partial charge on any atom is -0.352 e. The Morgan fingerprint density at radius 1 is 0.788 bits per heavy atom. The normalized spacial score (nSPS) is 13.9. The molecule has 1 fully saturated rings. The Labute approximate surface area is 193 Å². The number of piperazine rings is 1. The summed E-state index contributed by atoms with van der Waals surface area (Å²) in [7, 11) is 0. The van der Waals surface area contributed by atoms with E-state index in [4.69, 9.17) is 0 Å². The Morgan fingerprint density at radius 2 is 1.52 bits per heavy atom. The topological polar surface area (TPSA) is 61.4 Å². The molecule has 0 spiro atoms. The number of hydrogen-bond acceptors (Lipinski definition) is 4. The van der Waals surface area contributed by atoms with Gasteiger partial charge >= 0.3 is 6.03 Å². The van der Waals surface area contributed by atoms with Gasteiger partial charge in [0.05, 0.1) is 5.69 Å². The van der Waals surface area contributed by atoms with Crippen molar-refractivity contribution in [3.63, 3.8) is 0 Å². The maximum absolute atomic E-state index is 12.7. The first-order chi connectivity index (χ1) is 16.0. The van der Waals surface area contributed by atoms with E-state index in [0.29, 0.717) is 13.1 Å². The Morgan fingerprint density at radius 3 is 2.21 bits per heavy atom. The summed E-state index contributed by atoms with van der Waals surface area (Å²) in [5.41, 5.74) is 5.04. The zero-order valence-corrected chi connectivity index (χ0v) is 19.0. The molecule has 4 aromatic rings. The quantitative estimate of drug-likeness (QED) is 0.474. The molecule has 0 saturated carbocycles. The van der Waals surface area contributed by atoms with E-state index in [1.54, 1.807) is 0 Å². The van der Waals surface area contributed by atoms with Crippen LogP contribution in [0, 0.1) is 13.8 Å². The molecule has 33 heavy (non-hydrogen) atoms. The molecule has 3 aromatic carbocycles. The third-order valence-electron chi connectivity index (χ3n) is 6.06. The van der Waals surface area contributed by atoms with Gasteiger partial charge in [-0.3, -0.25) is 0 Å². The van der Waals surface area contributed by atoms with Crippen LogP contribution in [0.4, 0.5) is 16.3 Å². The number of benzene rings is 3. The van der Waals surface area contributed by atoms with Crippen molar-refractivity contribution < 1.29 is 4.79 Å². The maximum atomic E-state index is 12.7. The van der Waals surface area contributed by atoms with E-state index in [-0.39, 0.29) is 6.03 Å². The van der Waals surface area contributed by atoms with Crippen molar-refractivity contribution in [2.24, 2.45) is 0 Å². The molecule has 1 saturated heterocycles. The van der Waals surface area contributed by atoms with Crippen LogP contribution in [0.2, 0.25) is 0 Å². The Bertz CT molecular complexity index is 1270. The van der Waals surface area contributed by atoms with Crippen molar-refractivity contribution in [1.82, 2.24) is 15.1 Å². The molecule has 0 unspecified atom stereocenters. The van der Waals surface area contributed by atoms with Crippen molar-refractivity contribution in [1.29, 1.82) is 0 Å². The molecule has 1 aliphatic rings. The average Bonchev–Trinajstić information content (AvgIpc) is 2.83. The van der Waals surface area contributed by atoms with Crippen LogP contribution in [0.3, 0.4) is 0 Å². The number of carbonyl (C=O) groups is 1. The molecule has 0 atom stereocenters. The summed E-state index contributed by atoms with van der Waals surface area (Å²) in [6.45, 7) is 6.81. The summed E-state index contributed by atoms with van der Waals surface area (Å²) < 4.78 is 0. The number of hydrogen-bond donors (Lipinski definition) is 1. The second-order valence-electron chi connectivity index (χ2n) is 8.62. The zero-order chi connectivity index (χ0) is 22.8. The zero-order valence-electron chi connectivity index (χ0n) is 19.0. The van der Waals surface area contributed by atoms with Crippen LogP contribution >= 0.6 is 0 Å². The number of carbonyl (C=O) groups excluding carboxylic acids is 1. The van der Waals surface area contributed by atoms with E-state index < -0.39 is 0 Å². The molecular weight excluding hydrogens is 410 g/mol. The van der Waals surface area contributed by atoms with E-state index in [0.717, 1.165) is 47.0 Å². The number of urea groups is 1. The molecule has 0 bridgehead atoms. The average molecular weight is 438 g/mol. The van der Waals surface area contributed by atoms with Gasteiger partial charge in [-0.05, 0) is 66.1 Å². The van der Waals surface area contributed by atoms with Crippen LogP contribution in [0.1, 0.15) is 11.1 Å². The van der Waals surface area contributed by atoms with Gasteiger partial charge in [-0.15, -0.1) is 10.2 Å². The van der Waals surface area contributed by atoms with E-state index in [9.17, 15) is 4.79 Å². The predicted octanol–water partition coefficient (Wildman–Crippen LogP) is 5.27. The molecule has 1 aliphatic heterocycles. The van der Waals surface area contributed by atoms with Gasteiger partial charge in [-0.2, -0.15) is 0 Å². The van der Waals surface area contributed by atoms with Gasteiger partial charge in [0.1, 0.15) is 0 Å². The second kappa shape index (κ2) is 8.90. The Balaban J connectivity index is 1.21. The lowest BCUT2D eigenvalue weighted by molar-refractivity contribution is 0.208. The lowest BCUT2D eigenvalue weighted by atomic mass is 10.1. The van der Waals surface area contributed by atoms with Gasteiger partial charge < -0.3 is 15.1 Å². The van der Waals surface area contributed by atoms with Gasteiger partial charge in [0.2, 0.25) is 0 Å². The molecule has 166 valence electrons. The monoisotopic (exact) mass is 437 g/mol. The fraction of sp³-hybridized carbons (Fsp3) is 0.222. The molecule has 6 heteroatoms. The van der Waals surface area contributed by atoms with Crippen LogP contribution in [0.5, 0.6) is 0 Å². The van der Waals surface area contributed by atoms with Crippen LogP contribution in [-0.2, 0) is 0 Å². The molecule has 1 aromatic heterocycles. The number of nitrogens with zero attached hydrogens (tertiary/aromatic N) is 4.